The summed E-state index contributed by atoms with van der Waals surface area (Å²) in [6, 6.07) is 0. The lowest BCUT2D eigenvalue weighted by Crippen LogP contribution is -2.35. The summed E-state index contributed by atoms with van der Waals surface area (Å²) in [5, 5.41) is 18.3. The Balaban J connectivity index is 1.81. The molecule has 4 heteroatoms. The third kappa shape index (κ3) is 0.647. The van der Waals surface area contributed by atoms with Gasteiger partial charge in [0.2, 0.25) is 0 Å². The van der Waals surface area contributed by atoms with Crippen LogP contribution in [-0.4, -0.2) is 22.2 Å². The van der Waals surface area contributed by atoms with Crippen LogP contribution in [0.5, 0.6) is 0 Å². The molecule has 0 heterocycles. The third-order valence-corrected chi connectivity index (χ3v) is 5.50. The van der Waals surface area contributed by atoms with Crippen molar-refractivity contribution < 1.29 is 19.8 Å². The molecule has 0 amide bonds. The fraction of sp³-hybridized carbons (Fsp3) is 0.818. The van der Waals surface area contributed by atoms with Gasteiger partial charge in [-0.15, -0.1) is 0 Å². The normalized spacial score (nSPS) is 62.1. The molecule has 2 N–H and O–H groups in total. The fourth-order valence-electron chi connectivity index (χ4n) is 5.41. The van der Waals surface area contributed by atoms with Gasteiger partial charge in [0.15, 0.2) is 0 Å². The molecule has 5 aliphatic carbocycles. The number of hydrogen-bond acceptors (Lipinski definition) is 2. The number of carboxylic acid groups (broad SMARTS) is 2. The Hall–Kier alpha value is -1.06. The molecule has 0 aliphatic heterocycles. The first-order chi connectivity index (χ1) is 7.13. The van der Waals surface area contributed by atoms with Gasteiger partial charge in [-0.2, -0.15) is 0 Å². The van der Waals surface area contributed by atoms with Crippen molar-refractivity contribution in [2.24, 2.45) is 47.3 Å². The molecule has 0 aromatic carbocycles. The quantitative estimate of drug-likeness (QED) is 0.694. The first-order valence-electron chi connectivity index (χ1n) is 5.58. The molecule has 2 unspecified atom stereocenters. The molecule has 0 saturated heterocycles. The molecule has 15 heavy (non-hydrogen) atoms. The van der Waals surface area contributed by atoms with Crippen LogP contribution in [0.4, 0.5) is 0 Å². The minimum Gasteiger partial charge on any atom is -0.481 e. The second-order valence-electron chi connectivity index (χ2n) is 5.60. The summed E-state index contributed by atoms with van der Waals surface area (Å²) in [4.78, 5) is 22.3. The van der Waals surface area contributed by atoms with Crippen LogP contribution in [0.2, 0.25) is 0 Å². The van der Waals surface area contributed by atoms with Crippen molar-refractivity contribution in [3.63, 3.8) is 0 Å². The van der Waals surface area contributed by atoms with Gasteiger partial charge in [-0.3, -0.25) is 9.59 Å². The number of aliphatic carboxylic acids is 2. The zero-order valence-electron chi connectivity index (χ0n) is 8.04. The van der Waals surface area contributed by atoms with E-state index in [1.54, 1.807) is 0 Å². The van der Waals surface area contributed by atoms with E-state index in [-0.39, 0.29) is 11.8 Å². The lowest BCUT2D eigenvalue weighted by Gasteiger charge is -2.23. The Bertz CT molecular complexity index is 356. The maximum Gasteiger partial charge on any atom is 0.307 e. The summed E-state index contributed by atoms with van der Waals surface area (Å²) in [6.45, 7) is 0. The maximum atomic E-state index is 11.2. The second-order valence-corrected chi connectivity index (χ2v) is 5.60. The molecule has 8 atom stereocenters. The minimum absolute atomic E-state index is 0.198. The first kappa shape index (κ1) is 8.13. The van der Waals surface area contributed by atoms with E-state index in [4.69, 9.17) is 10.2 Å². The zero-order chi connectivity index (χ0) is 10.5. The molecule has 5 aliphatic rings. The van der Waals surface area contributed by atoms with Crippen molar-refractivity contribution >= 4 is 11.9 Å². The predicted molar refractivity (Wildman–Crippen MR) is 47.8 cm³/mol. The van der Waals surface area contributed by atoms with E-state index in [9.17, 15) is 9.59 Å². The summed E-state index contributed by atoms with van der Waals surface area (Å²) >= 11 is 0. The van der Waals surface area contributed by atoms with Gasteiger partial charge in [-0.05, 0) is 41.9 Å². The van der Waals surface area contributed by atoms with Crippen molar-refractivity contribution in [3.8, 4) is 0 Å². The lowest BCUT2D eigenvalue weighted by atomic mass is 9.79. The molecule has 0 radical (unpaired) electrons. The maximum absolute atomic E-state index is 11.2. The van der Waals surface area contributed by atoms with Gasteiger partial charge in [-0.25, -0.2) is 0 Å². The van der Waals surface area contributed by atoms with Crippen molar-refractivity contribution in [1.82, 2.24) is 0 Å². The molecule has 5 rings (SSSR count). The molecule has 0 spiro atoms. The van der Waals surface area contributed by atoms with E-state index in [1.807, 2.05) is 0 Å². The summed E-state index contributed by atoms with van der Waals surface area (Å²) < 4.78 is 0. The highest BCUT2D eigenvalue weighted by Gasteiger charge is 2.82. The van der Waals surface area contributed by atoms with Gasteiger partial charge in [0, 0.05) is 0 Å². The highest BCUT2D eigenvalue weighted by Crippen LogP contribution is 2.83. The Morgan fingerprint density at radius 2 is 1.20 bits per heavy atom. The largest absolute Gasteiger partial charge is 0.481 e. The Labute approximate surface area is 86.3 Å². The standard InChI is InChI=1S/C11H12O4/c12-10(13)8-6-3-1-2-4(6)5(2)7(3)9(8)11(14)15/h2-9H,1H2,(H,12,13)(H,14,15)/t2?,3?,4-,5+,6-,7-,8+,9+/m0/s1. The van der Waals surface area contributed by atoms with Crippen molar-refractivity contribution in [1.29, 1.82) is 0 Å². The Kier molecular flexibility index (Phi) is 1.12. The minimum atomic E-state index is -0.883. The third-order valence-electron chi connectivity index (χ3n) is 5.50. The van der Waals surface area contributed by atoms with Gasteiger partial charge >= 0.3 is 11.9 Å². The van der Waals surface area contributed by atoms with Gasteiger partial charge in [-0.1, -0.05) is 0 Å². The summed E-state index contributed by atoms with van der Waals surface area (Å²) in [5.74, 6) is -0.279. The van der Waals surface area contributed by atoms with Gasteiger partial charge in [0.1, 0.15) is 0 Å². The van der Waals surface area contributed by atoms with Crippen molar-refractivity contribution in [2.75, 3.05) is 0 Å². The first-order valence-corrected chi connectivity index (χ1v) is 5.58. The fourth-order valence-corrected chi connectivity index (χ4v) is 5.41. The topological polar surface area (TPSA) is 74.6 Å². The van der Waals surface area contributed by atoms with E-state index in [2.05, 4.69) is 0 Å². The molecular weight excluding hydrogens is 196 g/mol. The van der Waals surface area contributed by atoms with Crippen LogP contribution < -0.4 is 0 Å². The lowest BCUT2D eigenvalue weighted by molar-refractivity contribution is -0.156. The molecule has 5 saturated carbocycles. The van der Waals surface area contributed by atoms with Crippen molar-refractivity contribution in [2.45, 2.75) is 6.42 Å². The number of carbonyl (C=O) groups is 2. The van der Waals surface area contributed by atoms with E-state index in [1.165, 1.54) is 0 Å². The van der Waals surface area contributed by atoms with E-state index >= 15 is 0 Å². The van der Waals surface area contributed by atoms with E-state index in [0.717, 1.165) is 6.42 Å². The van der Waals surface area contributed by atoms with Gasteiger partial charge in [0.05, 0.1) is 11.8 Å². The monoisotopic (exact) mass is 208 g/mol. The van der Waals surface area contributed by atoms with Crippen LogP contribution in [-0.2, 0) is 9.59 Å². The van der Waals surface area contributed by atoms with Crippen LogP contribution in [0.3, 0.4) is 0 Å². The van der Waals surface area contributed by atoms with Crippen molar-refractivity contribution in [3.05, 3.63) is 0 Å². The molecule has 80 valence electrons. The average Bonchev–Trinajstić information content (AvgIpc) is 2.55. The number of hydrogen-bond donors (Lipinski definition) is 2. The Morgan fingerprint density at radius 1 is 0.800 bits per heavy atom. The molecule has 5 fully saturated rings. The van der Waals surface area contributed by atoms with Crippen LogP contribution in [0.15, 0.2) is 0 Å². The van der Waals surface area contributed by atoms with Crippen LogP contribution in [0, 0.1) is 47.3 Å². The SMILES string of the molecule is O=C(O)[C@H]1[C@H](C(=O)O)[C@H]2C3CC4[C@H]([C@H]42)[C@H]31. The van der Waals surface area contributed by atoms with Gasteiger partial charge in [0.25, 0.3) is 0 Å². The second kappa shape index (κ2) is 2.06. The zero-order valence-corrected chi connectivity index (χ0v) is 8.04. The van der Waals surface area contributed by atoms with Crippen LogP contribution in [0.25, 0.3) is 0 Å². The Morgan fingerprint density at radius 3 is 1.53 bits per heavy atom. The average molecular weight is 208 g/mol. The molecule has 6 bridgehead atoms. The highest BCUT2D eigenvalue weighted by atomic mass is 16.4. The van der Waals surface area contributed by atoms with E-state index < -0.39 is 23.8 Å². The molecule has 0 aromatic rings. The smallest absolute Gasteiger partial charge is 0.307 e. The summed E-state index contributed by atoms with van der Waals surface area (Å²) in [6.07, 6.45) is 1.11. The van der Waals surface area contributed by atoms with Crippen LogP contribution in [0.1, 0.15) is 6.42 Å². The molecular formula is C11H12O4. The number of rotatable bonds is 2. The highest BCUT2D eigenvalue weighted by molar-refractivity contribution is 5.82. The number of carboxylic acids is 2. The van der Waals surface area contributed by atoms with E-state index in [0.29, 0.717) is 23.7 Å². The molecule has 0 aromatic heterocycles. The molecule has 4 nitrogen and oxygen atoms in total. The summed E-state index contributed by atoms with van der Waals surface area (Å²) in [5.41, 5.74) is 0. The van der Waals surface area contributed by atoms with Gasteiger partial charge < -0.3 is 10.2 Å². The van der Waals surface area contributed by atoms with Crippen LogP contribution >= 0.6 is 0 Å². The summed E-state index contributed by atoms with van der Waals surface area (Å²) in [7, 11) is 0. The predicted octanol–water partition coefficient (Wildman–Crippen LogP) is 0.530.